The van der Waals surface area contributed by atoms with Crippen LogP contribution in [0.1, 0.15) is 12.5 Å². The van der Waals surface area contributed by atoms with Crippen LogP contribution in [0.5, 0.6) is 0 Å². The molecule has 96 valence electrons. The molecule has 0 aromatic heterocycles. The van der Waals surface area contributed by atoms with Gasteiger partial charge in [-0.3, -0.25) is 0 Å². The van der Waals surface area contributed by atoms with E-state index in [2.05, 4.69) is 0 Å². The summed E-state index contributed by atoms with van der Waals surface area (Å²) in [6, 6.07) is 6.34. The second-order valence-corrected chi connectivity index (χ2v) is 4.43. The van der Waals surface area contributed by atoms with Gasteiger partial charge in [-0.2, -0.15) is 5.26 Å². The van der Waals surface area contributed by atoms with Crippen LogP contribution < -0.4 is 4.90 Å². The molecule has 4 nitrogen and oxygen atoms in total. The molecule has 5 heteroatoms. The highest BCUT2D eigenvalue weighted by Gasteiger charge is 2.25. The molecule has 0 bridgehead atoms. The minimum absolute atomic E-state index is 0.0189. The van der Waals surface area contributed by atoms with Gasteiger partial charge < -0.3 is 14.7 Å². The van der Waals surface area contributed by atoms with Crippen molar-refractivity contribution in [1.29, 1.82) is 5.26 Å². The van der Waals surface area contributed by atoms with Crippen LogP contribution in [0, 0.1) is 17.1 Å². The van der Waals surface area contributed by atoms with Gasteiger partial charge in [-0.15, -0.1) is 0 Å². The van der Waals surface area contributed by atoms with Gasteiger partial charge >= 0.3 is 0 Å². The highest BCUT2D eigenvalue weighted by atomic mass is 19.1. The number of benzene rings is 1. The van der Waals surface area contributed by atoms with Crippen molar-refractivity contribution in [3.05, 3.63) is 29.6 Å². The Bertz CT molecular complexity index is 473. The molecular formula is C13H15FN2O2. The quantitative estimate of drug-likeness (QED) is 0.859. The fourth-order valence-corrected chi connectivity index (χ4v) is 2.15. The molecule has 1 aliphatic rings. The number of anilines is 1. The van der Waals surface area contributed by atoms with E-state index in [9.17, 15) is 4.39 Å². The number of nitrogens with zero attached hydrogens (tertiary/aromatic N) is 2. The van der Waals surface area contributed by atoms with E-state index in [1.165, 1.54) is 12.1 Å². The first kappa shape index (κ1) is 12.8. The summed E-state index contributed by atoms with van der Waals surface area (Å²) >= 11 is 0. The maximum absolute atomic E-state index is 13.6. The monoisotopic (exact) mass is 250 g/mol. The maximum atomic E-state index is 13.6. The SMILES string of the molecule is CC1CN(c2ccc(C#N)c(F)c2)CC(CO)O1. The van der Waals surface area contributed by atoms with Crippen LogP contribution in [0.25, 0.3) is 0 Å². The summed E-state index contributed by atoms with van der Waals surface area (Å²) in [6.45, 7) is 3.02. The largest absolute Gasteiger partial charge is 0.394 e. The van der Waals surface area contributed by atoms with E-state index in [-0.39, 0.29) is 24.4 Å². The standard InChI is InChI=1S/C13H15FN2O2/c1-9-6-16(7-12(8-17)18-9)11-3-2-10(5-15)13(14)4-11/h2-4,9,12,17H,6-8H2,1H3. The summed E-state index contributed by atoms with van der Waals surface area (Å²) in [5, 5.41) is 17.8. The molecule has 2 atom stereocenters. The third-order valence-electron chi connectivity index (χ3n) is 2.97. The predicted octanol–water partition coefficient (Wildman–Crippen LogP) is 1.28. The van der Waals surface area contributed by atoms with Gasteiger partial charge in [0.05, 0.1) is 24.4 Å². The van der Waals surface area contributed by atoms with Crippen LogP contribution in [0.4, 0.5) is 10.1 Å². The van der Waals surface area contributed by atoms with Crippen LogP contribution >= 0.6 is 0 Å². The summed E-state index contributed by atoms with van der Waals surface area (Å²) in [6.07, 6.45) is -0.276. The van der Waals surface area contributed by atoms with Crippen LogP contribution in [0.3, 0.4) is 0 Å². The topological polar surface area (TPSA) is 56.5 Å². The van der Waals surface area contributed by atoms with E-state index in [0.717, 1.165) is 0 Å². The number of nitriles is 1. The molecule has 1 fully saturated rings. The highest BCUT2D eigenvalue weighted by molar-refractivity contribution is 5.51. The van der Waals surface area contributed by atoms with Gasteiger partial charge in [0.1, 0.15) is 11.9 Å². The highest BCUT2D eigenvalue weighted by Crippen LogP contribution is 2.22. The molecule has 1 N–H and O–H groups in total. The molecule has 0 spiro atoms. The smallest absolute Gasteiger partial charge is 0.143 e. The van der Waals surface area contributed by atoms with Gasteiger partial charge in [0.25, 0.3) is 0 Å². The molecule has 0 radical (unpaired) electrons. The van der Waals surface area contributed by atoms with Gasteiger partial charge in [0, 0.05) is 18.8 Å². The minimum atomic E-state index is -0.519. The van der Waals surface area contributed by atoms with Crippen molar-refractivity contribution in [2.24, 2.45) is 0 Å². The Morgan fingerprint density at radius 3 is 2.94 bits per heavy atom. The molecule has 2 rings (SSSR count). The van der Waals surface area contributed by atoms with E-state index < -0.39 is 5.82 Å². The summed E-state index contributed by atoms with van der Waals surface area (Å²) in [5.41, 5.74) is 0.749. The first-order chi connectivity index (χ1) is 8.63. The molecule has 2 unspecified atom stereocenters. The summed E-state index contributed by atoms with van der Waals surface area (Å²) in [7, 11) is 0. The Labute approximate surface area is 105 Å². The number of halogens is 1. The molecule has 0 saturated carbocycles. The van der Waals surface area contributed by atoms with E-state index in [1.807, 2.05) is 11.8 Å². The molecule has 1 aromatic carbocycles. The second-order valence-electron chi connectivity index (χ2n) is 4.43. The summed E-state index contributed by atoms with van der Waals surface area (Å²) in [4.78, 5) is 1.96. The van der Waals surface area contributed by atoms with E-state index in [0.29, 0.717) is 18.8 Å². The van der Waals surface area contributed by atoms with Crippen molar-refractivity contribution in [3.8, 4) is 6.07 Å². The van der Waals surface area contributed by atoms with Gasteiger partial charge in [-0.05, 0) is 25.1 Å². The Hall–Kier alpha value is -1.64. The number of hydrogen-bond acceptors (Lipinski definition) is 4. The zero-order chi connectivity index (χ0) is 13.1. The molecule has 1 saturated heterocycles. The average Bonchev–Trinajstić information content (AvgIpc) is 2.37. The fraction of sp³-hybridized carbons (Fsp3) is 0.462. The molecule has 0 amide bonds. The Kier molecular flexibility index (Phi) is 3.80. The number of ether oxygens (including phenoxy) is 1. The number of rotatable bonds is 2. The van der Waals surface area contributed by atoms with E-state index >= 15 is 0 Å². The van der Waals surface area contributed by atoms with Gasteiger partial charge in [0.15, 0.2) is 0 Å². The van der Waals surface area contributed by atoms with Gasteiger partial charge in [-0.1, -0.05) is 0 Å². The van der Waals surface area contributed by atoms with Crippen molar-refractivity contribution < 1.29 is 14.2 Å². The van der Waals surface area contributed by atoms with E-state index in [1.54, 1.807) is 12.1 Å². The first-order valence-electron chi connectivity index (χ1n) is 5.85. The minimum Gasteiger partial charge on any atom is -0.394 e. The van der Waals surface area contributed by atoms with E-state index in [4.69, 9.17) is 15.1 Å². The molecule has 1 aliphatic heterocycles. The normalized spacial score (nSPS) is 23.8. The molecule has 0 aliphatic carbocycles. The zero-order valence-electron chi connectivity index (χ0n) is 10.1. The van der Waals surface area contributed by atoms with Crippen molar-refractivity contribution in [1.82, 2.24) is 0 Å². The summed E-state index contributed by atoms with van der Waals surface area (Å²) < 4.78 is 19.1. The third kappa shape index (κ3) is 2.61. The Morgan fingerprint density at radius 2 is 2.33 bits per heavy atom. The average molecular weight is 250 g/mol. The lowest BCUT2D eigenvalue weighted by Crippen LogP contribution is -2.48. The van der Waals surface area contributed by atoms with Crippen LogP contribution in [0.15, 0.2) is 18.2 Å². The van der Waals surface area contributed by atoms with Crippen molar-refractivity contribution in [3.63, 3.8) is 0 Å². The lowest BCUT2D eigenvalue weighted by atomic mass is 10.1. The second kappa shape index (κ2) is 5.34. The van der Waals surface area contributed by atoms with Crippen LogP contribution in [-0.2, 0) is 4.74 Å². The van der Waals surface area contributed by atoms with Crippen molar-refractivity contribution in [2.45, 2.75) is 19.1 Å². The molecule has 1 heterocycles. The number of hydrogen-bond donors (Lipinski definition) is 1. The maximum Gasteiger partial charge on any atom is 0.143 e. The fourth-order valence-electron chi connectivity index (χ4n) is 2.15. The van der Waals surface area contributed by atoms with Crippen LogP contribution in [-0.4, -0.2) is 37.0 Å². The van der Waals surface area contributed by atoms with Crippen molar-refractivity contribution in [2.75, 3.05) is 24.6 Å². The summed E-state index contributed by atoms with van der Waals surface area (Å²) in [5.74, 6) is -0.519. The Morgan fingerprint density at radius 1 is 1.56 bits per heavy atom. The molecule has 1 aromatic rings. The van der Waals surface area contributed by atoms with Gasteiger partial charge in [-0.25, -0.2) is 4.39 Å². The Balaban J connectivity index is 2.20. The molecular weight excluding hydrogens is 235 g/mol. The number of aliphatic hydroxyl groups excluding tert-OH is 1. The lowest BCUT2D eigenvalue weighted by Gasteiger charge is -2.37. The predicted molar refractivity (Wildman–Crippen MR) is 64.7 cm³/mol. The van der Waals surface area contributed by atoms with Gasteiger partial charge in [0.2, 0.25) is 0 Å². The molecule has 18 heavy (non-hydrogen) atoms. The zero-order valence-corrected chi connectivity index (χ0v) is 10.1. The lowest BCUT2D eigenvalue weighted by molar-refractivity contribution is -0.0421. The van der Waals surface area contributed by atoms with Crippen molar-refractivity contribution >= 4 is 5.69 Å². The number of morpholine rings is 1. The first-order valence-corrected chi connectivity index (χ1v) is 5.85. The number of aliphatic hydroxyl groups is 1. The van der Waals surface area contributed by atoms with Crippen LogP contribution in [0.2, 0.25) is 0 Å². The third-order valence-corrected chi connectivity index (χ3v) is 2.97.